The molecule has 1 atom stereocenters. The number of rotatable bonds is 41. The average molecular weight is 709 g/mol. The molecule has 5 nitrogen and oxygen atoms in total. The Kier molecular flexibility index (Phi) is 39.8. The number of aliphatic hydroxyl groups excluding tert-OH is 1. The van der Waals surface area contributed by atoms with E-state index in [2.05, 4.69) is 20.8 Å². The van der Waals surface area contributed by atoms with E-state index in [4.69, 9.17) is 9.47 Å². The zero-order chi connectivity index (χ0) is 36.6. The number of aliphatic hydroxyl groups is 1. The predicted molar refractivity (Wildman–Crippen MR) is 215 cm³/mol. The van der Waals surface area contributed by atoms with Gasteiger partial charge in [0.2, 0.25) is 0 Å². The van der Waals surface area contributed by atoms with Crippen molar-refractivity contribution >= 4 is 11.9 Å². The van der Waals surface area contributed by atoms with E-state index >= 15 is 0 Å². The van der Waals surface area contributed by atoms with E-state index in [1.165, 1.54) is 186 Å². The summed E-state index contributed by atoms with van der Waals surface area (Å²) in [5, 5.41) is 9.59. The first-order chi connectivity index (χ1) is 24.5. The molecule has 0 bridgehead atoms. The summed E-state index contributed by atoms with van der Waals surface area (Å²) in [5.41, 5.74) is 0. The van der Waals surface area contributed by atoms with Gasteiger partial charge in [-0.3, -0.25) is 9.59 Å². The number of esters is 2. The smallest absolute Gasteiger partial charge is 0.306 e. The number of carbonyl (C=O) groups excluding carboxylic acids is 2. The highest BCUT2D eigenvalue weighted by molar-refractivity contribution is 5.70. The topological polar surface area (TPSA) is 72.8 Å². The van der Waals surface area contributed by atoms with Crippen molar-refractivity contribution in [2.24, 2.45) is 5.92 Å². The van der Waals surface area contributed by atoms with Crippen LogP contribution in [0.25, 0.3) is 0 Å². The lowest BCUT2D eigenvalue weighted by atomic mass is 10.0. The van der Waals surface area contributed by atoms with E-state index in [0.717, 1.165) is 38.0 Å². The fourth-order valence-corrected chi connectivity index (χ4v) is 6.92. The summed E-state index contributed by atoms with van der Waals surface area (Å²) in [6.45, 7) is 6.54. The molecule has 0 aliphatic rings. The molecule has 0 aliphatic heterocycles. The Morgan fingerprint density at radius 1 is 0.440 bits per heavy atom. The minimum Gasteiger partial charge on any atom is -0.462 e. The summed E-state index contributed by atoms with van der Waals surface area (Å²) in [6.07, 6.45) is 44.6. The Hall–Kier alpha value is -1.10. The van der Waals surface area contributed by atoms with Crippen LogP contribution >= 0.6 is 0 Å². The molecule has 0 rings (SSSR count). The van der Waals surface area contributed by atoms with Gasteiger partial charge in [0, 0.05) is 12.8 Å². The standard InChI is InChI=1S/C45H88O5/c1-4-5-6-7-8-9-10-11-12-13-14-17-21-24-27-30-33-36-39-45(48)50-43(40-46)41-49-44(47)38-35-32-29-26-23-20-18-15-16-19-22-25-28-31-34-37-42(2)3/h42-43,46H,4-41H2,1-3H3/t43-/m0/s1. The van der Waals surface area contributed by atoms with Gasteiger partial charge >= 0.3 is 11.9 Å². The normalized spacial score (nSPS) is 12.1. The molecule has 50 heavy (non-hydrogen) atoms. The summed E-state index contributed by atoms with van der Waals surface area (Å²) in [6, 6.07) is 0. The molecule has 1 N–H and O–H groups in total. The van der Waals surface area contributed by atoms with Gasteiger partial charge in [0.05, 0.1) is 6.61 Å². The summed E-state index contributed by atoms with van der Waals surface area (Å²) in [5.74, 6) is 0.284. The second-order valence-corrected chi connectivity index (χ2v) is 16.0. The number of hydrogen-bond acceptors (Lipinski definition) is 5. The first-order valence-corrected chi connectivity index (χ1v) is 22.5. The summed E-state index contributed by atoms with van der Waals surface area (Å²) >= 11 is 0. The molecule has 0 aromatic carbocycles. The van der Waals surface area contributed by atoms with Crippen molar-refractivity contribution in [3.05, 3.63) is 0 Å². The van der Waals surface area contributed by atoms with Gasteiger partial charge in [-0.1, -0.05) is 226 Å². The van der Waals surface area contributed by atoms with Gasteiger partial charge in [-0.2, -0.15) is 0 Å². The van der Waals surface area contributed by atoms with Crippen molar-refractivity contribution < 1.29 is 24.2 Å². The highest BCUT2D eigenvalue weighted by atomic mass is 16.6. The molecule has 0 amide bonds. The molecule has 0 spiro atoms. The van der Waals surface area contributed by atoms with Crippen LogP contribution in [0.15, 0.2) is 0 Å². The first-order valence-electron chi connectivity index (χ1n) is 22.5. The van der Waals surface area contributed by atoms with E-state index in [0.29, 0.717) is 12.8 Å². The van der Waals surface area contributed by atoms with Crippen LogP contribution in [0.4, 0.5) is 0 Å². The molecule has 0 radical (unpaired) electrons. The van der Waals surface area contributed by atoms with Gasteiger partial charge in [-0.15, -0.1) is 0 Å². The first kappa shape index (κ1) is 48.9. The molecule has 0 saturated heterocycles. The molecule has 0 fully saturated rings. The van der Waals surface area contributed by atoms with E-state index in [1.807, 2.05) is 0 Å². The number of hydrogen-bond donors (Lipinski definition) is 1. The second-order valence-electron chi connectivity index (χ2n) is 16.0. The molecular formula is C45H88O5. The Bertz CT molecular complexity index is 693. The Balaban J connectivity index is 3.46. The minimum atomic E-state index is -0.762. The van der Waals surface area contributed by atoms with Gasteiger partial charge in [-0.25, -0.2) is 0 Å². The Morgan fingerprint density at radius 3 is 1.06 bits per heavy atom. The second kappa shape index (κ2) is 40.7. The fraction of sp³-hybridized carbons (Fsp3) is 0.956. The molecule has 298 valence electrons. The van der Waals surface area contributed by atoms with Crippen molar-refractivity contribution in [3.8, 4) is 0 Å². The van der Waals surface area contributed by atoms with Crippen LogP contribution in [0, 0.1) is 5.92 Å². The van der Waals surface area contributed by atoms with Crippen molar-refractivity contribution in [1.82, 2.24) is 0 Å². The maximum absolute atomic E-state index is 12.2. The summed E-state index contributed by atoms with van der Waals surface area (Å²) < 4.78 is 10.7. The third-order valence-corrected chi connectivity index (χ3v) is 10.3. The molecule has 5 heteroatoms. The van der Waals surface area contributed by atoms with Gasteiger partial charge < -0.3 is 14.6 Å². The maximum atomic E-state index is 12.2. The molecule has 0 unspecified atom stereocenters. The lowest BCUT2D eigenvalue weighted by Gasteiger charge is -2.15. The maximum Gasteiger partial charge on any atom is 0.306 e. The van der Waals surface area contributed by atoms with Crippen molar-refractivity contribution in [2.45, 2.75) is 258 Å². The van der Waals surface area contributed by atoms with Crippen LogP contribution in [0.3, 0.4) is 0 Å². The Labute approximate surface area is 312 Å². The number of ether oxygens (including phenoxy) is 2. The summed E-state index contributed by atoms with van der Waals surface area (Å²) in [4.78, 5) is 24.3. The molecule has 0 aromatic heterocycles. The zero-order valence-electron chi connectivity index (χ0n) is 34.1. The fourth-order valence-electron chi connectivity index (χ4n) is 6.92. The van der Waals surface area contributed by atoms with Crippen LogP contribution < -0.4 is 0 Å². The molecule has 0 aliphatic carbocycles. The minimum absolute atomic E-state index is 0.0570. The zero-order valence-corrected chi connectivity index (χ0v) is 34.1. The highest BCUT2D eigenvalue weighted by Crippen LogP contribution is 2.17. The quantitative estimate of drug-likeness (QED) is 0.0505. The van der Waals surface area contributed by atoms with Crippen molar-refractivity contribution in [3.63, 3.8) is 0 Å². The van der Waals surface area contributed by atoms with Crippen LogP contribution in [0.2, 0.25) is 0 Å². The molecular weight excluding hydrogens is 620 g/mol. The van der Waals surface area contributed by atoms with Crippen LogP contribution in [0.5, 0.6) is 0 Å². The van der Waals surface area contributed by atoms with Crippen LogP contribution in [0.1, 0.15) is 252 Å². The van der Waals surface area contributed by atoms with Crippen molar-refractivity contribution in [1.29, 1.82) is 0 Å². The van der Waals surface area contributed by atoms with Gasteiger partial charge in [0.25, 0.3) is 0 Å². The third kappa shape index (κ3) is 39.7. The highest BCUT2D eigenvalue weighted by Gasteiger charge is 2.16. The van der Waals surface area contributed by atoms with E-state index in [1.54, 1.807) is 0 Å². The summed E-state index contributed by atoms with van der Waals surface area (Å²) in [7, 11) is 0. The van der Waals surface area contributed by atoms with Crippen LogP contribution in [-0.4, -0.2) is 36.4 Å². The Morgan fingerprint density at radius 2 is 0.740 bits per heavy atom. The van der Waals surface area contributed by atoms with E-state index in [-0.39, 0.29) is 25.2 Å². The number of unbranched alkanes of at least 4 members (excludes halogenated alkanes) is 31. The van der Waals surface area contributed by atoms with E-state index < -0.39 is 6.10 Å². The van der Waals surface area contributed by atoms with Crippen molar-refractivity contribution in [2.75, 3.05) is 13.2 Å². The average Bonchev–Trinajstić information content (AvgIpc) is 3.10. The van der Waals surface area contributed by atoms with Gasteiger partial charge in [-0.05, 0) is 18.8 Å². The molecule has 0 saturated carbocycles. The third-order valence-electron chi connectivity index (χ3n) is 10.3. The SMILES string of the molecule is CCCCCCCCCCCCCCCCCCCCC(=O)O[C@@H](CO)COC(=O)CCCCCCCCCCCCCCCCCC(C)C. The van der Waals surface area contributed by atoms with Crippen LogP contribution in [-0.2, 0) is 19.1 Å². The lowest BCUT2D eigenvalue weighted by Crippen LogP contribution is -2.28. The largest absolute Gasteiger partial charge is 0.462 e. The van der Waals surface area contributed by atoms with Gasteiger partial charge in [0.1, 0.15) is 6.61 Å². The van der Waals surface area contributed by atoms with Gasteiger partial charge in [0.15, 0.2) is 6.10 Å². The van der Waals surface area contributed by atoms with E-state index in [9.17, 15) is 14.7 Å². The number of carbonyl (C=O) groups is 2. The predicted octanol–water partition coefficient (Wildman–Crippen LogP) is 14.2. The molecule has 0 aromatic rings. The molecule has 0 heterocycles. The lowest BCUT2D eigenvalue weighted by molar-refractivity contribution is -0.161. The monoisotopic (exact) mass is 709 g/mol.